The Labute approximate surface area is 127 Å². The van der Waals surface area contributed by atoms with Gasteiger partial charge in [-0.3, -0.25) is 4.68 Å². The second-order valence-corrected chi connectivity index (χ2v) is 4.83. The molecule has 0 N–H and O–H groups in total. The van der Waals surface area contributed by atoms with Gasteiger partial charge < -0.3 is 4.74 Å². The first kappa shape index (κ1) is 15.9. The number of halogens is 2. The zero-order chi connectivity index (χ0) is 16.1. The van der Waals surface area contributed by atoms with Crippen molar-refractivity contribution in [3.8, 4) is 11.3 Å². The summed E-state index contributed by atoms with van der Waals surface area (Å²) in [6.07, 6.45) is -1.73. The van der Waals surface area contributed by atoms with Gasteiger partial charge >= 0.3 is 5.97 Å². The maximum Gasteiger partial charge on any atom is 0.358 e. The standard InChI is InChI=1S/C16H16F2N2O2/c1-11(15(17)18)8-9-22-16(21)13-10-14(20(2)19-13)12-6-4-3-5-7-12/h3-7,10H,8-9H2,1-2H3. The Kier molecular flexibility index (Phi) is 5.04. The highest BCUT2D eigenvalue weighted by Crippen LogP contribution is 2.20. The average Bonchev–Trinajstić information content (AvgIpc) is 2.90. The van der Waals surface area contributed by atoms with Gasteiger partial charge in [-0.1, -0.05) is 30.3 Å². The maximum atomic E-state index is 12.2. The predicted molar refractivity (Wildman–Crippen MR) is 78.5 cm³/mol. The molecule has 0 aliphatic rings. The summed E-state index contributed by atoms with van der Waals surface area (Å²) >= 11 is 0. The highest BCUT2D eigenvalue weighted by atomic mass is 19.3. The van der Waals surface area contributed by atoms with Crippen LogP contribution in [-0.4, -0.2) is 22.4 Å². The van der Waals surface area contributed by atoms with Gasteiger partial charge in [-0.25, -0.2) is 4.79 Å². The second-order valence-electron chi connectivity index (χ2n) is 4.83. The van der Waals surface area contributed by atoms with Crippen LogP contribution in [0.3, 0.4) is 0 Å². The van der Waals surface area contributed by atoms with Gasteiger partial charge in [-0.2, -0.15) is 13.9 Å². The van der Waals surface area contributed by atoms with Crippen molar-refractivity contribution in [2.24, 2.45) is 7.05 Å². The molecule has 0 spiro atoms. The zero-order valence-electron chi connectivity index (χ0n) is 12.3. The number of aromatic nitrogens is 2. The van der Waals surface area contributed by atoms with Crippen LogP contribution < -0.4 is 0 Å². The van der Waals surface area contributed by atoms with Crippen molar-refractivity contribution in [3.63, 3.8) is 0 Å². The number of carbonyl (C=O) groups is 1. The number of hydrogen-bond donors (Lipinski definition) is 0. The number of benzene rings is 1. The predicted octanol–water partition coefficient (Wildman–Crippen LogP) is 3.80. The summed E-state index contributed by atoms with van der Waals surface area (Å²) in [5.74, 6) is -0.621. The number of ether oxygens (including phenoxy) is 1. The highest BCUT2D eigenvalue weighted by Gasteiger charge is 2.15. The quantitative estimate of drug-likeness (QED) is 0.789. The molecule has 0 aliphatic heterocycles. The minimum atomic E-state index is -1.74. The van der Waals surface area contributed by atoms with Gasteiger partial charge in [0.05, 0.1) is 12.3 Å². The first-order valence-electron chi connectivity index (χ1n) is 6.76. The van der Waals surface area contributed by atoms with Gasteiger partial charge in [0.1, 0.15) is 0 Å². The zero-order valence-corrected chi connectivity index (χ0v) is 12.3. The average molecular weight is 306 g/mol. The van der Waals surface area contributed by atoms with Crippen molar-refractivity contribution in [1.82, 2.24) is 9.78 Å². The lowest BCUT2D eigenvalue weighted by atomic mass is 10.1. The third-order valence-corrected chi connectivity index (χ3v) is 3.19. The van der Waals surface area contributed by atoms with Crippen LogP contribution in [0.5, 0.6) is 0 Å². The van der Waals surface area contributed by atoms with E-state index in [1.807, 2.05) is 30.3 Å². The summed E-state index contributed by atoms with van der Waals surface area (Å²) in [7, 11) is 1.73. The van der Waals surface area contributed by atoms with E-state index in [0.717, 1.165) is 11.3 Å². The Bertz CT molecular complexity index is 689. The van der Waals surface area contributed by atoms with E-state index in [2.05, 4.69) is 5.10 Å². The molecule has 0 unspecified atom stereocenters. The maximum absolute atomic E-state index is 12.2. The molecule has 2 rings (SSSR count). The number of rotatable bonds is 5. The Morgan fingerprint density at radius 2 is 1.95 bits per heavy atom. The minimum Gasteiger partial charge on any atom is -0.461 e. The molecule has 6 heteroatoms. The van der Waals surface area contributed by atoms with Crippen molar-refractivity contribution in [2.75, 3.05) is 6.61 Å². The van der Waals surface area contributed by atoms with E-state index in [0.29, 0.717) is 0 Å². The molecule has 0 bridgehead atoms. The number of carbonyl (C=O) groups excluding carboxylic acids is 1. The van der Waals surface area contributed by atoms with E-state index < -0.39 is 12.0 Å². The Balaban J connectivity index is 2.04. The van der Waals surface area contributed by atoms with E-state index in [1.54, 1.807) is 17.8 Å². The summed E-state index contributed by atoms with van der Waals surface area (Å²) in [4.78, 5) is 11.9. The van der Waals surface area contributed by atoms with E-state index in [1.165, 1.54) is 6.92 Å². The molecule has 0 amide bonds. The number of hydrogen-bond acceptors (Lipinski definition) is 3. The number of aryl methyl sites for hydroxylation is 1. The fourth-order valence-electron chi connectivity index (χ4n) is 1.91. The first-order chi connectivity index (χ1) is 10.5. The molecule has 116 valence electrons. The fraction of sp³-hybridized carbons (Fsp3) is 0.250. The van der Waals surface area contributed by atoms with Crippen LogP contribution in [-0.2, 0) is 11.8 Å². The van der Waals surface area contributed by atoms with Crippen LogP contribution in [0.2, 0.25) is 0 Å². The largest absolute Gasteiger partial charge is 0.461 e. The van der Waals surface area contributed by atoms with Crippen LogP contribution in [0.25, 0.3) is 11.3 Å². The van der Waals surface area contributed by atoms with Crippen molar-refractivity contribution in [1.29, 1.82) is 0 Å². The molecular formula is C16H16F2N2O2. The van der Waals surface area contributed by atoms with E-state index in [4.69, 9.17) is 4.74 Å². The van der Waals surface area contributed by atoms with Crippen molar-refractivity contribution in [2.45, 2.75) is 13.3 Å². The molecule has 0 fully saturated rings. The van der Waals surface area contributed by atoms with Crippen LogP contribution in [0.4, 0.5) is 8.78 Å². The molecule has 1 heterocycles. The molecule has 1 aromatic heterocycles. The third kappa shape index (κ3) is 3.78. The molecule has 2 aromatic rings. The summed E-state index contributed by atoms with van der Waals surface area (Å²) in [5, 5.41) is 4.10. The van der Waals surface area contributed by atoms with Crippen LogP contribution in [0, 0.1) is 0 Å². The fourth-order valence-corrected chi connectivity index (χ4v) is 1.91. The second kappa shape index (κ2) is 6.98. The van der Waals surface area contributed by atoms with Gasteiger partial charge in [0.15, 0.2) is 5.69 Å². The van der Waals surface area contributed by atoms with E-state index >= 15 is 0 Å². The Morgan fingerprint density at radius 1 is 1.27 bits per heavy atom. The molecule has 0 radical (unpaired) electrons. The molecule has 4 nitrogen and oxygen atoms in total. The SMILES string of the molecule is CC(CCOC(=O)c1cc(-c2ccccc2)n(C)n1)=C(F)F. The molecular weight excluding hydrogens is 290 g/mol. The molecule has 0 saturated heterocycles. The lowest BCUT2D eigenvalue weighted by Crippen LogP contribution is -2.08. The summed E-state index contributed by atoms with van der Waals surface area (Å²) in [5.41, 5.74) is 1.77. The van der Waals surface area contributed by atoms with Gasteiger partial charge in [0.2, 0.25) is 0 Å². The normalized spacial score (nSPS) is 10.4. The van der Waals surface area contributed by atoms with Crippen LogP contribution in [0.15, 0.2) is 48.1 Å². The van der Waals surface area contributed by atoms with Crippen molar-refractivity contribution < 1.29 is 18.3 Å². The first-order valence-corrected chi connectivity index (χ1v) is 6.76. The smallest absolute Gasteiger partial charge is 0.358 e. The van der Waals surface area contributed by atoms with Crippen molar-refractivity contribution in [3.05, 3.63) is 53.7 Å². The highest BCUT2D eigenvalue weighted by molar-refractivity contribution is 5.88. The Morgan fingerprint density at radius 3 is 2.59 bits per heavy atom. The van der Waals surface area contributed by atoms with Gasteiger partial charge in [0, 0.05) is 13.5 Å². The minimum absolute atomic E-state index is 0.00640. The lowest BCUT2D eigenvalue weighted by Gasteiger charge is -2.02. The van der Waals surface area contributed by atoms with Crippen LogP contribution >= 0.6 is 0 Å². The van der Waals surface area contributed by atoms with Gasteiger partial charge in [-0.15, -0.1) is 0 Å². The molecule has 1 aromatic carbocycles. The Hall–Kier alpha value is -2.50. The lowest BCUT2D eigenvalue weighted by molar-refractivity contribution is 0.0500. The van der Waals surface area contributed by atoms with Gasteiger partial charge in [0.25, 0.3) is 6.08 Å². The molecule has 0 atom stereocenters. The van der Waals surface area contributed by atoms with Gasteiger partial charge in [-0.05, 0) is 24.1 Å². The van der Waals surface area contributed by atoms with E-state index in [-0.39, 0.29) is 24.3 Å². The molecule has 0 saturated carbocycles. The summed E-state index contributed by atoms with van der Waals surface area (Å²) in [6.45, 7) is 1.21. The topological polar surface area (TPSA) is 44.1 Å². The summed E-state index contributed by atoms with van der Waals surface area (Å²) < 4.78 is 31.0. The van der Waals surface area contributed by atoms with E-state index in [9.17, 15) is 13.6 Å². The summed E-state index contributed by atoms with van der Waals surface area (Å²) in [6, 6.07) is 11.1. The monoisotopic (exact) mass is 306 g/mol. The number of esters is 1. The van der Waals surface area contributed by atoms with Crippen LogP contribution in [0.1, 0.15) is 23.8 Å². The molecule has 0 aliphatic carbocycles. The third-order valence-electron chi connectivity index (χ3n) is 3.19. The number of nitrogens with zero attached hydrogens (tertiary/aromatic N) is 2. The molecule has 22 heavy (non-hydrogen) atoms. The van der Waals surface area contributed by atoms with Crippen molar-refractivity contribution >= 4 is 5.97 Å².